The summed E-state index contributed by atoms with van der Waals surface area (Å²) in [6, 6.07) is 15.9. The van der Waals surface area contributed by atoms with E-state index in [1.54, 1.807) is 35.2 Å². The second-order valence-corrected chi connectivity index (χ2v) is 9.82. The molecule has 1 atom stereocenters. The monoisotopic (exact) mass is 589 g/mol. The van der Waals surface area contributed by atoms with Crippen LogP contribution in [0.2, 0.25) is 0 Å². The smallest absolute Gasteiger partial charge is 0.255 e. The van der Waals surface area contributed by atoms with Gasteiger partial charge in [0.15, 0.2) is 5.43 Å². The molecule has 4 N–H and O–H groups in total. The van der Waals surface area contributed by atoms with Gasteiger partial charge in [0.2, 0.25) is 5.91 Å². The van der Waals surface area contributed by atoms with Crippen molar-refractivity contribution in [1.29, 1.82) is 0 Å². The third kappa shape index (κ3) is 7.40. The van der Waals surface area contributed by atoms with Crippen molar-refractivity contribution >= 4 is 22.8 Å². The fourth-order valence-electron chi connectivity index (χ4n) is 5.24. The highest BCUT2D eigenvalue weighted by atomic mass is 16.5. The Balaban J connectivity index is 0.00000207. The number of benzene rings is 3. The molecule has 1 unspecified atom stereocenters. The second kappa shape index (κ2) is 15.3. The molecule has 43 heavy (non-hydrogen) atoms. The van der Waals surface area contributed by atoms with Gasteiger partial charge in [0.25, 0.3) is 5.91 Å². The zero-order chi connectivity index (χ0) is 30.8. The van der Waals surface area contributed by atoms with E-state index in [9.17, 15) is 19.5 Å². The molecule has 2 amide bonds. The van der Waals surface area contributed by atoms with Crippen LogP contribution in [0.3, 0.4) is 0 Å². The van der Waals surface area contributed by atoms with E-state index in [2.05, 4.69) is 5.32 Å². The van der Waals surface area contributed by atoms with Crippen LogP contribution in [0.5, 0.6) is 5.75 Å². The molecule has 5 rings (SSSR count). The SMILES string of the molecule is CC.NCCOCCOCCNC(=O)C1CCCN1C(=O)c1ccccc1-c1c2ccc(=O)cc-2oc2cc(O)ccc12. The average molecular weight is 590 g/mol. The molecule has 0 aromatic heterocycles. The summed E-state index contributed by atoms with van der Waals surface area (Å²) >= 11 is 0. The highest BCUT2D eigenvalue weighted by Gasteiger charge is 2.35. The van der Waals surface area contributed by atoms with E-state index in [0.717, 1.165) is 0 Å². The molecule has 3 aliphatic rings. The molecule has 2 aromatic rings. The Hall–Kier alpha value is -4.25. The minimum Gasteiger partial charge on any atom is -0.508 e. The molecule has 1 aliphatic carbocycles. The molecule has 1 saturated heterocycles. The van der Waals surface area contributed by atoms with Gasteiger partial charge in [-0.1, -0.05) is 32.0 Å². The third-order valence-electron chi connectivity index (χ3n) is 7.10. The van der Waals surface area contributed by atoms with Crippen LogP contribution in [0, 0.1) is 0 Å². The van der Waals surface area contributed by atoms with Crippen molar-refractivity contribution in [3.63, 3.8) is 0 Å². The summed E-state index contributed by atoms with van der Waals surface area (Å²) in [7, 11) is 0. The van der Waals surface area contributed by atoms with Crippen molar-refractivity contribution in [2.75, 3.05) is 46.1 Å². The summed E-state index contributed by atoms with van der Waals surface area (Å²) in [6.45, 7) is 6.90. The summed E-state index contributed by atoms with van der Waals surface area (Å²) in [4.78, 5) is 40.8. The largest absolute Gasteiger partial charge is 0.508 e. The highest BCUT2D eigenvalue weighted by molar-refractivity contribution is 6.10. The van der Waals surface area contributed by atoms with E-state index in [1.165, 1.54) is 18.2 Å². The van der Waals surface area contributed by atoms with Gasteiger partial charge in [-0.2, -0.15) is 0 Å². The lowest BCUT2D eigenvalue weighted by atomic mass is 9.90. The molecule has 0 bridgehead atoms. The summed E-state index contributed by atoms with van der Waals surface area (Å²) in [5.41, 5.74) is 7.99. The van der Waals surface area contributed by atoms with Gasteiger partial charge in [-0.25, -0.2) is 0 Å². The molecule has 2 heterocycles. The van der Waals surface area contributed by atoms with E-state index in [1.807, 2.05) is 26.0 Å². The number of hydrogen-bond acceptors (Lipinski definition) is 8. The number of carbonyl (C=O) groups is 2. The summed E-state index contributed by atoms with van der Waals surface area (Å²) in [5.74, 6) is -0.109. The number of carbonyl (C=O) groups excluding carboxylic acids is 2. The number of likely N-dealkylation sites (tertiary alicyclic amines) is 1. The maximum Gasteiger partial charge on any atom is 0.255 e. The van der Waals surface area contributed by atoms with Gasteiger partial charge in [0.05, 0.1) is 26.4 Å². The lowest BCUT2D eigenvalue weighted by Gasteiger charge is -2.26. The normalized spacial score (nSPS) is 14.5. The standard InChI is InChI=1S/C31H33N3O7.C2H6/c32-11-14-39-16-17-40-15-12-33-30(37)26-6-3-13-34(26)31(38)23-5-2-1-4-22(23)29-24-9-7-20(35)18-27(24)41-28-19-21(36)8-10-25(28)29;1-2/h1-2,4-5,7-10,18-19,26,35H,3,6,11-17,32H2,(H,33,37);1-2H3. The van der Waals surface area contributed by atoms with Crippen molar-refractivity contribution in [3.05, 3.63) is 76.5 Å². The number of amides is 2. The Morgan fingerprint density at radius 3 is 2.56 bits per heavy atom. The molecule has 10 heteroatoms. The molecule has 2 aliphatic heterocycles. The van der Waals surface area contributed by atoms with Crippen LogP contribution >= 0.6 is 0 Å². The lowest BCUT2D eigenvalue weighted by Crippen LogP contribution is -2.46. The van der Waals surface area contributed by atoms with E-state index < -0.39 is 6.04 Å². The van der Waals surface area contributed by atoms with Gasteiger partial charge in [-0.15, -0.1) is 0 Å². The first-order chi connectivity index (χ1) is 21.0. The molecule has 0 radical (unpaired) electrons. The number of ether oxygens (including phenoxy) is 2. The van der Waals surface area contributed by atoms with Crippen molar-refractivity contribution in [2.45, 2.75) is 32.7 Å². The van der Waals surface area contributed by atoms with Gasteiger partial charge in [-0.05, 0) is 48.7 Å². The topological polar surface area (TPSA) is 144 Å². The van der Waals surface area contributed by atoms with Crippen molar-refractivity contribution in [3.8, 4) is 28.2 Å². The molecular weight excluding hydrogens is 550 g/mol. The Morgan fingerprint density at radius 1 is 1.00 bits per heavy atom. The zero-order valence-corrected chi connectivity index (χ0v) is 24.6. The van der Waals surface area contributed by atoms with E-state index >= 15 is 0 Å². The van der Waals surface area contributed by atoms with Crippen LogP contribution < -0.4 is 16.5 Å². The molecular formula is C33H39N3O7. The van der Waals surface area contributed by atoms with E-state index in [4.69, 9.17) is 19.6 Å². The minimum absolute atomic E-state index is 0.0189. The minimum atomic E-state index is -0.595. The average Bonchev–Trinajstić information content (AvgIpc) is 3.52. The molecule has 0 spiro atoms. The first-order valence-electron chi connectivity index (χ1n) is 14.7. The van der Waals surface area contributed by atoms with Gasteiger partial charge >= 0.3 is 0 Å². The number of phenolic OH excluding ortho intramolecular Hbond substituents is 1. The van der Waals surface area contributed by atoms with E-state index in [0.29, 0.717) is 97.9 Å². The van der Waals surface area contributed by atoms with Gasteiger partial charge < -0.3 is 34.9 Å². The molecule has 2 aromatic carbocycles. The van der Waals surface area contributed by atoms with Gasteiger partial charge in [0.1, 0.15) is 23.1 Å². The second-order valence-electron chi connectivity index (χ2n) is 9.82. The molecule has 228 valence electrons. The number of phenols is 1. The predicted molar refractivity (Wildman–Crippen MR) is 165 cm³/mol. The first kappa shape index (κ1) is 31.7. The molecule has 10 nitrogen and oxygen atoms in total. The number of nitrogens with zero attached hydrogens (tertiary/aromatic N) is 1. The summed E-state index contributed by atoms with van der Waals surface area (Å²) in [6.07, 6.45) is 1.28. The van der Waals surface area contributed by atoms with Crippen LogP contribution in [0.4, 0.5) is 0 Å². The van der Waals surface area contributed by atoms with Crippen LogP contribution in [-0.4, -0.2) is 73.9 Å². The molecule has 1 fully saturated rings. The first-order valence-corrected chi connectivity index (χ1v) is 14.7. The number of aromatic hydroxyl groups is 1. The highest BCUT2D eigenvalue weighted by Crippen LogP contribution is 2.42. The number of rotatable bonds is 11. The van der Waals surface area contributed by atoms with Crippen LogP contribution in [-0.2, 0) is 14.3 Å². The van der Waals surface area contributed by atoms with Crippen LogP contribution in [0.15, 0.2) is 69.9 Å². The van der Waals surface area contributed by atoms with Crippen LogP contribution in [0.25, 0.3) is 33.4 Å². The Labute approximate surface area is 250 Å². The fourth-order valence-corrected chi connectivity index (χ4v) is 5.24. The lowest BCUT2D eigenvalue weighted by molar-refractivity contribution is -0.125. The fraction of sp³-hybridized carbons (Fsp3) is 0.364. The van der Waals surface area contributed by atoms with Crippen molar-refractivity contribution < 1.29 is 28.6 Å². The summed E-state index contributed by atoms with van der Waals surface area (Å²) in [5, 5.41) is 13.6. The van der Waals surface area contributed by atoms with Crippen molar-refractivity contribution in [2.24, 2.45) is 5.73 Å². The Morgan fingerprint density at radius 2 is 1.77 bits per heavy atom. The van der Waals surface area contributed by atoms with E-state index in [-0.39, 0.29) is 23.0 Å². The quantitative estimate of drug-likeness (QED) is 0.176. The van der Waals surface area contributed by atoms with Crippen molar-refractivity contribution in [1.82, 2.24) is 10.2 Å². The Kier molecular flexibility index (Phi) is 11.3. The number of nitrogens with two attached hydrogens (primary N) is 1. The number of nitrogens with one attached hydrogen (secondary N) is 1. The van der Waals surface area contributed by atoms with Crippen LogP contribution in [0.1, 0.15) is 37.0 Å². The zero-order valence-electron chi connectivity index (χ0n) is 24.6. The Bertz CT molecular complexity index is 1570. The number of fused-ring (bicyclic) bond motifs is 2. The summed E-state index contributed by atoms with van der Waals surface area (Å²) < 4.78 is 16.7. The molecule has 0 saturated carbocycles. The maximum absolute atomic E-state index is 14.0. The maximum atomic E-state index is 14.0. The third-order valence-corrected chi connectivity index (χ3v) is 7.10. The predicted octanol–water partition coefficient (Wildman–Crippen LogP) is 4.01. The van der Waals surface area contributed by atoms with Gasteiger partial charge in [0, 0.05) is 53.8 Å². The van der Waals surface area contributed by atoms with Gasteiger partial charge in [-0.3, -0.25) is 14.4 Å². The number of hydrogen-bond donors (Lipinski definition) is 3.